The van der Waals surface area contributed by atoms with E-state index in [2.05, 4.69) is 21.3 Å². The van der Waals surface area contributed by atoms with Gasteiger partial charge in [-0.1, -0.05) is 31.2 Å². The maximum Gasteiger partial charge on any atom is 0.323 e. The van der Waals surface area contributed by atoms with Gasteiger partial charge in [0.2, 0.25) is 5.91 Å². The molecule has 164 valence electrons. The first-order valence-corrected chi connectivity index (χ1v) is 10.6. The Hall–Kier alpha value is -3.55. The third-order valence-corrected chi connectivity index (χ3v) is 5.03. The molecule has 31 heavy (non-hydrogen) atoms. The Morgan fingerprint density at radius 2 is 1.61 bits per heavy atom. The fraction of sp³-hybridized carbons (Fsp3) is 0.348. The van der Waals surface area contributed by atoms with E-state index in [1.807, 2.05) is 25.1 Å². The second-order valence-electron chi connectivity index (χ2n) is 7.53. The maximum atomic E-state index is 12.7. The molecule has 3 rings (SSSR count). The molecule has 1 aliphatic heterocycles. The van der Waals surface area contributed by atoms with Crippen molar-refractivity contribution in [1.29, 1.82) is 0 Å². The van der Waals surface area contributed by atoms with Crippen molar-refractivity contribution in [3.05, 3.63) is 54.6 Å². The Morgan fingerprint density at radius 1 is 0.935 bits per heavy atom. The summed E-state index contributed by atoms with van der Waals surface area (Å²) >= 11 is 0. The molecular formula is C23H29N5O3. The number of benzene rings is 2. The zero-order valence-corrected chi connectivity index (χ0v) is 17.7. The molecular weight excluding hydrogens is 394 g/mol. The lowest BCUT2D eigenvalue weighted by molar-refractivity contribution is -0.126. The van der Waals surface area contributed by atoms with E-state index in [1.54, 1.807) is 41.3 Å². The second kappa shape index (κ2) is 11.0. The number of rotatable bonds is 6. The zero-order valence-electron chi connectivity index (χ0n) is 17.7. The van der Waals surface area contributed by atoms with Crippen LogP contribution < -0.4 is 21.3 Å². The van der Waals surface area contributed by atoms with Crippen molar-refractivity contribution in [2.45, 2.75) is 26.2 Å². The molecule has 2 aromatic rings. The molecule has 1 heterocycles. The smallest absolute Gasteiger partial charge is 0.323 e. The van der Waals surface area contributed by atoms with E-state index < -0.39 is 0 Å². The van der Waals surface area contributed by atoms with E-state index in [4.69, 9.17) is 0 Å². The molecule has 5 amide bonds. The van der Waals surface area contributed by atoms with E-state index in [9.17, 15) is 14.4 Å². The minimum Gasteiger partial charge on any atom is -0.356 e. The fourth-order valence-electron chi connectivity index (χ4n) is 3.46. The molecule has 1 saturated heterocycles. The monoisotopic (exact) mass is 423 g/mol. The topological polar surface area (TPSA) is 103 Å². The molecule has 0 unspecified atom stereocenters. The highest BCUT2D eigenvalue weighted by Crippen LogP contribution is 2.20. The molecule has 8 heteroatoms. The number of urea groups is 2. The summed E-state index contributed by atoms with van der Waals surface area (Å²) in [5.74, 6) is -0.171. The lowest BCUT2D eigenvalue weighted by Crippen LogP contribution is -2.47. The Morgan fingerprint density at radius 3 is 2.35 bits per heavy atom. The van der Waals surface area contributed by atoms with Gasteiger partial charge in [0.25, 0.3) is 0 Å². The van der Waals surface area contributed by atoms with Crippen LogP contribution in [0.2, 0.25) is 0 Å². The molecule has 0 saturated carbocycles. The molecule has 0 aromatic heterocycles. The number of nitrogens with zero attached hydrogens (tertiary/aromatic N) is 1. The Bertz CT molecular complexity index is 903. The van der Waals surface area contributed by atoms with E-state index in [0.29, 0.717) is 36.7 Å². The van der Waals surface area contributed by atoms with Crippen LogP contribution in [0.5, 0.6) is 0 Å². The van der Waals surface area contributed by atoms with Crippen LogP contribution in [0.15, 0.2) is 54.6 Å². The van der Waals surface area contributed by atoms with Crippen LogP contribution in [0.3, 0.4) is 0 Å². The van der Waals surface area contributed by atoms with Crippen LogP contribution in [0.4, 0.5) is 26.7 Å². The van der Waals surface area contributed by atoms with Crippen molar-refractivity contribution in [2.75, 3.05) is 35.6 Å². The third-order valence-electron chi connectivity index (χ3n) is 5.03. The molecule has 4 N–H and O–H groups in total. The summed E-state index contributed by atoms with van der Waals surface area (Å²) in [6.07, 6.45) is 2.46. The summed E-state index contributed by atoms with van der Waals surface area (Å²) in [7, 11) is 0. The highest BCUT2D eigenvalue weighted by molar-refractivity contribution is 6.00. The van der Waals surface area contributed by atoms with Crippen LogP contribution in [-0.4, -0.2) is 42.5 Å². The van der Waals surface area contributed by atoms with Crippen molar-refractivity contribution in [3.63, 3.8) is 0 Å². The van der Waals surface area contributed by atoms with Gasteiger partial charge in [-0.05, 0) is 49.6 Å². The first-order chi connectivity index (χ1) is 15.0. The lowest BCUT2D eigenvalue weighted by atomic mass is 9.97. The number of amides is 5. The third kappa shape index (κ3) is 6.74. The standard InChI is InChI=1S/C23H29N5O3/c1-2-13-24-21(29)17-8-7-14-28(16-17)23(31)27-20-12-6-11-19(15-20)26-22(30)25-18-9-4-3-5-10-18/h3-6,9-12,15,17H,2,7-8,13-14,16H2,1H3,(H,24,29)(H,27,31)(H2,25,26,30)/t17-/m0/s1. The first-order valence-electron chi connectivity index (χ1n) is 10.6. The van der Waals surface area contributed by atoms with Gasteiger partial charge < -0.3 is 26.2 Å². The van der Waals surface area contributed by atoms with Gasteiger partial charge in [-0.3, -0.25) is 4.79 Å². The van der Waals surface area contributed by atoms with Crippen LogP contribution in [0.25, 0.3) is 0 Å². The summed E-state index contributed by atoms with van der Waals surface area (Å²) in [5.41, 5.74) is 1.81. The quantitative estimate of drug-likeness (QED) is 0.562. The summed E-state index contributed by atoms with van der Waals surface area (Å²) < 4.78 is 0. The SMILES string of the molecule is CCCNC(=O)[C@H]1CCCN(C(=O)Nc2cccc(NC(=O)Nc3ccccc3)c2)C1. The van der Waals surface area contributed by atoms with Gasteiger partial charge >= 0.3 is 12.1 Å². The predicted molar refractivity (Wildman–Crippen MR) is 122 cm³/mol. The van der Waals surface area contributed by atoms with Gasteiger partial charge in [-0.15, -0.1) is 0 Å². The minimum atomic E-state index is -0.369. The molecule has 0 spiro atoms. The molecule has 8 nitrogen and oxygen atoms in total. The molecule has 0 bridgehead atoms. The van der Waals surface area contributed by atoms with Crippen molar-refractivity contribution in [1.82, 2.24) is 10.2 Å². The first kappa shape index (κ1) is 22.1. The number of hydrogen-bond donors (Lipinski definition) is 4. The van der Waals surface area contributed by atoms with Gasteiger partial charge in [-0.25, -0.2) is 9.59 Å². The summed E-state index contributed by atoms with van der Waals surface area (Å²) in [6.45, 7) is 3.67. The van der Waals surface area contributed by atoms with Gasteiger partial charge in [0.05, 0.1) is 5.92 Å². The molecule has 1 atom stereocenters. The van der Waals surface area contributed by atoms with Crippen molar-refractivity contribution in [3.8, 4) is 0 Å². The number of carbonyl (C=O) groups excluding carboxylic acids is 3. The van der Waals surface area contributed by atoms with Crippen LogP contribution >= 0.6 is 0 Å². The van der Waals surface area contributed by atoms with E-state index in [0.717, 1.165) is 19.3 Å². The molecule has 1 fully saturated rings. The molecule has 1 aliphatic rings. The number of piperidine rings is 1. The number of nitrogens with one attached hydrogen (secondary N) is 4. The zero-order chi connectivity index (χ0) is 22.1. The molecule has 0 radical (unpaired) electrons. The van der Waals surface area contributed by atoms with E-state index >= 15 is 0 Å². The maximum absolute atomic E-state index is 12.7. The van der Waals surface area contributed by atoms with E-state index in [-0.39, 0.29) is 23.9 Å². The Balaban J connectivity index is 1.54. The van der Waals surface area contributed by atoms with Crippen LogP contribution in [-0.2, 0) is 4.79 Å². The van der Waals surface area contributed by atoms with Crippen LogP contribution in [0, 0.1) is 5.92 Å². The average Bonchev–Trinajstić information content (AvgIpc) is 2.78. The van der Waals surface area contributed by atoms with Crippen molar-refractivity contribution < 1.29 is 14.4 Å². The summed E-state index contributed by atoms with van der Waals surface area (Å²) in [5, 5.41) is 11.3. The van der Waals surface area contributed by atoms with Gasteiger partial charge in [0.15, 0.2) is 0 Å². The second-order valence-corrected chi connectivity index (χ2v) is 7.53. The van der Waals surface area contributed by atoms with E-state index in [1.165, 1.54) is 0 Å². The minimum absolute atomic E-state index is 0.00924. The van der Waals surface area contributed by atoms with Crippen LogP contribution in [0.1, 0.15) is 26.2 Å². The summed E-state index contributed by atoms with van der Waals surface area (Å²) in [4.78, 5) is 38.8. The largest absolute Gasteiger partial charge is 0.356 e. The highest BCUT2D eigenvalue weighted by Gasteiger charge is 2.28. The highest BCUT2D eigenvalue weighted by atomic mass is 16.2. The Kier molecular flexibility index (Phi) is 7.86. The summed E-state index contributed by atoms with van der Waals surface area (Å²) in [6, 6.07) is 15.5. The fourth-order valence-corrected chi connectivity index (χ4v) is 3.46. The Labute approximate surface area is 182 Å². The molecule has 0 aliphatic carbocycles. The predicted octanol–water partition coefficient (Wildman–Crippen LogP) is 4.10. The number of para-hydroxylation sites is 1. The number of hydrogen-bond acceptors (Lipinski definition) is 3. The van der Waals surface area contributed by atoms with Gasteiger partial charge in [0.1, 0.15) is 0 Å². The van der Waals surface area contributed by atoms with Gasteiger partial charge in [-0.2, -0.15) is 0 Å². The molecule has 2 aromatic carbocycles. The number of carbonyl (C=O) groups is 3. The van der Waals surface area contributed by atoms with Crippen molar-refractivity contribution in [2.24, 2.45) is 5.92 Å². The number of likely N-dealkylation sites (tertiary alicyclic amines) is 1. The lowest BCUT2D eigenvalue weighted by Gasteiger charge is -2.32. The van der Waals surface area contributed by atoms with Gasteiger partial charge in [0, 0.05) is 36.7 Å². The van der Waals surface area contributed by atoms with Crippen molar-refractivity contribution >= 4 is 35.0 Å². The normalized spacial score (nSPS) is 15.6. The average molecular weight is 424 g/mol. The number of anilines is 3.